The summed E-state index contributed by atoms with van der Waals surface area (Å²) in [4.78, 5) is 15.6. The van der Waals surface area contributed by atoms with Crippen LogP contribution in [0, 0.1) is 0 Å². The van der Waals surface area contributed by atoms with Gasteiger partial charge in [-0.05, 0) is 36.1 Å². The number of rotatable bonds is 6. The third kappa shape index (κ3) is 4.92. The van der Waals surface area contributed by atoms with Crippen molar-refractivity contribution in [3.63, 3.8) is 0 Å². The zero-order valence-electron chi connectivity index (χ0n) is 10.8. The predicted molar refractivity (Wildman–Crippen MR) is 73.7 cm³/mol. The van der Waals surface area contributed by atoms with Gasteiger partial charge in [-0.15, -0.1) is 0 Å². The molecule has 0 amide bonds. The molecule has 0 aliphatic carbocycles. The lowest BCUT2D eigenvalue weighted by Crippen LogP contribution is -2.09. The smallest absolute Gasteiger partial charge is 0.310 e. The van der Waals surface area contributed by atoms with Gasteiger partial charge in [-0.25, -0.2) is 0 Å². The van der Waals surface area contributed by atoms with Crippen molar-refractivity contribution in [3.05, 3.63) is 66.0 Å². The van der Waals surface area contributed by atoms with Crippen LogP contribution in [0.1, 0.15) is 17.5 Å². The fourth-order valence-corrected chi connectivity index (χ4v) is 1.83. The Bertz CT molecular complexity index is 497. The van der Waals surface area contributed by atoms with Crippen molar-refractivity contribution in [2.75, 3.05) is 6.61 Å². The molecule has 0 saturated heterocycles. The molecular formula is C16H17NO2. The highest BCUT2D eigenvalue weighted by Crippen LogP contribution is 2.03. The van der Waals surface area contributed by atoms with E-state index in [1.54, 1.807) is 12.4 Å². The standard InChI is InChI=1S/C16H17NO2/c18-16(13-15-5-2-1-3-6-15)19-12-4-7-14-8-10-17-11-9-14/h1-3,5-6,8-11H,4,7,12-13H2. The van der Waals surface area contributed by atoms with Gasteiger partial charge in [-0.2, -0.15) is 0 Å². The maximum absolute atomic E-state index is 11.6. The van der Waals surface area contributed by atoms with Crippen molar-refractivity contribution >= 4 is 5.97 Å². The van der Waals surface area contributed by atoms with E-state index in [2.05, 4.69) is 4.98 Å². The molecule has 2 aromatic rings. The summed E-state index contributed by atoms with van der Waals surface area (Å²) in [5.41, 5.74) is 2.20. The van der Waals surface area contributed by atoms with Crippen LogP contribution in [0.2, 0.25) is 0 Å². The monoisotopic (exact) mass is 255 g/mol. The molecule has 3 heteroatoms. The van der Waals surface area contributed by atoms with Crippen LogP contribution >= 0.6 is 0 Å². The van der Waals surface area contributed by atoms with Crippen LogP contribution in [0.3, 0.4) is 0 Å². The van der Waals surface area contributed by atoms with Gasteiger partial charge >= 0.3 is 5.97 Å². The van der Waals surface area contributed by atoms with Crippen molar-refractivity contribution in [1.29, 1.82) is 0 Å². The first-order chi connectivity index (χ1) is 9.34. The molecule has 2 rings (SSSR count). The zero-order chi connectivity index (χ0) is 13.3. The van der Waals surface area contributed by atoms with E-state index in [-0.39, 0.29) is 5.97 Å². The molecule has 98 valence electrons. The van der Waals surface area contributed by atoms with E-state index < -0.39 is 0 Å². The number of aromatic nitrogens is 1. The molecule has 0 radical (unpaired) electrons. The highest BCUT2D eigenvalue weighted by Gasteiger charge is 2.03. The van der Waals surface area contributed by atoms with Crippen molar-refractivity contribution in [1.82, 2.24) is 4.98 Å². The summed E-state index contributed by atoms with van der Waals surface area (Å²) < 4.78 is 5.21. The Kier molecular flexibility index (Phi) is 5.11. The maximum atomic E-state index is 11.6. The summed E-state index contributed by atoms with van der Waals surface area (Å²) in [6, 6.07) is 13.6. The average Bonchev–Trinajstić information content (AvgIpc) is 2.46. The van der Waals surface area contributed by atoms with E-state index in [4.69, 9.17) is 4.74 Å². The fraction of sp³-hybridized carbons (Fsp3) is 0.250. The van der Waals surface area contributed by atoms with Gasteiger partial charge in [-0.1, -0.05) is 30.3 Å². The van der Waals surface area contributed by atoms with Gasteiger partial charge in [0.2, 0.25) is 0 Å². The second-order valence-corrected chi connectivity index (χ2v) is 4.34. The zero-order valence-corrected chi connectivity index (χ0v) is 10.8. The molecule has 19 heavy (non-hydrogen) atoms. The number of ether oxygens (including phenoxy) is 1. The van der Waals surface area contributed by atoms with Crippen LogP contribution in [0.25, 0.3) is 0 Å². The molecule has 1 heterocycles. The van der Waals surface area contributed by atoms with Crippen molar-refractivity contribution < 1.29 is 9.53 Å². The third-order valence-corrected chi connectivity index (χ3v) is 2.81. The lowest BCUT2D eigenvalue weighted by Gasteiger charge is -2.05. The average molecular weight is 255 g/mol. The summed E-state index contributed by atoms with van der Waals surface area (Å²) in [6.07, 6.45) is 5.63. The molecule has 0 N–H and O–H groups in total. The van der Waals surface area contributed by atoms with E-state index >= 15 is 0 Å². The molecule has 0 fully saturated rings. The van der Waals surface area contributed by atoms with Crippen LogP contribution < -0.4 is 0 Å². The van der Waals surface area contributed by atoms with Crippen LogP contribution in [0.4, 0.5) is 0 Å². The van der Waals surface area contributed by atoms with Crippen LogP contribution in [-0.2, 0) is 22.4 Å². The molecule has 0 aliphatic rings. The maximum Gasteiger partial charge on any atom is 0.310 e. The van der Waals surface area contributed by atoms with Gasteiger partial charge in [0.1, 0.15) is 0 Å². The Morgan fingerprint density at radius 2 is 1.74 bits per heavy atom. The Hall–Kier alpha value is -2.16. The largest absolute Gasteiger partial charge is 0.465 e. The first-order valence-corrected chi connectivity index (χ1v) is 6.43. The minimum atomic E-state index is -0.166. The molecule has 3 nitrogen and oxygen atoms in total. The molecule has 0 atom stereocenters. The number of benzene rings is 1. The third-order valence-electron chi connectivity index (χ3n) is 2.81. The van der Waals surface area contributed by atoms with Crippen molar-refractivity contribution in [2.45, 2.75) is 19.3 Å². The van der Waals surface area contributed by atoms with Crippen molar-refractivity contribution in [2.24, 2.45) is 0 Å². The predicted octanol–water partition coefficient (Wildman–Crippen LogP) is 2.80. The highest BCUT2D eigenvalue weighted by molar-refractivity contribution is 5.72. The molecule has 0 spiro atoms. The molecule has 0 aliphatic heterocycles. The van der Waals surface area contributed by atoms with E-state index in [0.717, 1.165) is 18.4 Å². The molecule has 0 bridgehead atoms. The van der Waals surface area contributed by atoms with Gasteiger partial charge in [-0.3, -0.25) is 9.78 Å². The fourth-order valence-electron chi connectivity index (χ4n) is 1.83. The van der Waals surface area contributed by atoms with E-state index in [1.165, 1.54) is 5.56 Å². The summed E-state index contributed by atoms with van der Waals surface area (Å²) >= 11 is 0. The van der Waals surface area contributed by atoms with Crippen LogP contribution in [0.5, 0.6) is 0 Å². The Morgan fingerprint density at radius 1 is 1.00 bits per heavy atom. The van der Waals surface area contributed by atoms with Crippen LogP contribution in [-0.4, -0.2) is 17.6 Å². The van der Waals surface area contributed by atoms with Gasteiger partial charge < -0.3 is 4.74 Å². The summed E-state index contributed by atoms with van der Waals surface area (Å²) in [5.74, 6) is -0.166. The van der Waals surface area contributed by atoms with E-state index in [9.17, 15) is 4.79 Å². The number of hydrogen-bond donors (Lipinski definition) is 0. The van der Waals surface area contributed by atoms with Gasteiger partial charge in [0, 0.05) is 12.4 Å². The molecular weight excluding hydrogens is 238 g/mol. The number of carbonyl (C=O) groups excluding carboxylic acids is 1. The Labute approximate surface area is 113 Å². The minimum absolute atomic E-state index is 0.166. The number of esters is 1. The SMILES string of the molecule is O=C(Cc1ccccc1)OCCCc1ccncc1. The number of aryl methyl sites for hydroxylation is 1. The lowest BCUT2D eigenvalue weighted by atomic mass is 10.1. The topological polar surface area (TPSA) is 39.2 Å². The summed E-state index contributed by atoms with van der Waals surface area (Å²) in [6.45, 7) is 0.466. The summed E-state index contributed by atoms with van der Waals surface area (Å²) in [5, 5.41) is 0. The molecule has 0 unspecified atom stereocenters. The highest BCUT2D eigenvalue weighted by atomic mass is 16.5. The minimum Gasteiger partial charge on any atom is -0.465 e. The van der Waals surface area contributed by atoms with Crippen LogP contribution in [0.15, 0.2) is 54.9 Å². The first kappa shape index (κ1) is 13.3. The number of nitrogens with zero attached hydrogens (tertiary/aromatic N) is 1. The van der Waals surface area contributed by atoms with E-state index in [0.29, 0.717) is 13.0 Å². The number of carbonyl (C=O) groups is 1. The van der Waals surface area contributed by atoms with Gasteiger partial charge in [0.15, 0.2) is 0 Å². The second-order valence-electron chi connectivity index (χ2n) is 4.34. The Balaban J connectivity index is 1.65. The molecule has 1 aromatic carbocycles. The Morgan fingerprint density at radius 3 is 2.47 bits per heavy atom. The van der Waals surface area contributed by atoms with Crippen molar-refractivity contribution in [3.8, 4) is 0 Å². The normalized spacial score (nSPS) is 10.1. The van der Waals surface area contributed by atoms with Gasteiger partial charge in [0.25, 0.3) is 0 Å². The number of hydrogen-bond acceptors (Lipinski definition) is 3. The summed E-state index contributed by atoms with van der Waals surface area (Å²) in [7, 11) is 0. The quantitative estimate of drug-likeness (QED) is 0.588. The second kappa shape index (κ2) is 7.31. The molecule has 0 saturated carbocycles. The number of pyridine rings is 1. The first-order valence-electron chi connectivity index (χ1n) is 6.43. The van der Waals surface area contributed by atoms with E-state index in [1.807, 2.05) is 42.5 Å². The molecule has 1 aromatic heterocycles. The van der Waals surface area contributed by atoms with Gasteiger partial charge in [0.05, 0.1) is 13.0 Å². The lowest BCUT2D eigenvalue weighted by molar-refractivity contribution is -0.142.